The minimum absolute atomic E-state index is 0.0362. The lowest BCUT2D eigenvalue weighted by atomic mass is 10.1. The molecule has 2 aromatic heterocycles. The molecule has 0 saturated carbocycles. The van der Waals surface area contributed by atoms with E-state index in [4.69, 9.17) is 0 Å². The third kappa shape index (κ3) is 2.67. The summed E-state index contributed by atoms with van der Waals surface area (Å²) >= 11 is 0. The van der Waals surface area contributed by atoms with E-state index in [2.05, 4.69) is 14.7 Å². The van der Waals surface area contributed by atoms with Crippen LogP contribution in [0, 0.1) is 6.92 Å². The highest BCUT2D eigenvalue weighted by molar-refractivity contribution is 7.92. The number of nitrogens with one attached hydrogen (secondary N) is 1. The lowest BCUT2D eigenvalue weighted by Gasteiger charge is -2.07. The van der Waals surface area contributed by atoms with Crippen LogP contribution in [0.1, 0.15) is 12.6 Å². The van der Waals surface area contributed by atoms with Crippen molar-refractivity contribution in [3.63, 3.8) is 0 Å². The number of hydrogen-bond acceptors (Lipinski definition) is 4. The molecule has 1 N–H and O–H groups in total. The Morgan fingerprint density at radius 1 is 1.27 bits per heavy atom. The molecular formula is C15H16N4O2S. The van der Waals surface area contributed by atoms with Gasteiger partial charge in [0, 0.05) is 29.3 Å². The van der Waals surface area contributed by atoms with E-state index in [1.165, 1.54) is 0 Å². The maximum Gasteiger partial charge on any atom is 0.234 e. The Balaban J connectivity index is 2.06. The Bertz CT molecular complexity index is 932. The number of aryl methyl sites for hydroxylation is 1. The zero-order chi connectivity index (χ0) is 15.7. The molecule has 3 rings (SSSR count). The topological polar surface area (TPSA) is 76.4 Å². The first-order valence-corrected chi connectivity index (χ1v) is 8.56. The number of nitrogens with zero attached hydrogens (tertiary/aromatic N) is 3. The van der Waals surface area contributed by atoms with Crippen LogP contribution in [0.2, 0.25) is 0 Å². The van der Waals surface area contributed by atoms with Crippen LogP contribution in [-0.2, 0) is 10.0 Å². The van der Waals surface area contributed by atoms with Crippen molar-refractivity contribution in [2.75, 3.05) is 10.5 Å². The quantitative estimate of drug-likeness (QED) is 0.802. The van der Waals surface area contributed by atoms with E-state index in [1.54, 1.807) is 31.3 Å². The van der Waals surface area contributed by atoms with Gasteiger partial charge in [-0.3, -0.25) is 9.12 Å². The summed E-state index contributed by atoms with van der Waals surface area (Å²) in [5.41, 5.74) is 3.12. The predicted octanol–water partition coefficient (Wildman–Crippen LogP) is 2.47. The lowest BCUT2D eigenvalue weighted by molar-refractivity contribution is 0.602. The third-order valence-electron chi connectivity index (χ3n) is 3.43. The second-order valence-corrected chi connectivity index (χ2v) is 6.93. The molecule has 0 aliphatic heterocycles. The van der Waals surface area contributed by atoms with Crippen LogP contribution < -0.4 is 4.72 Å². The second kappa shape index (κ2) is 5.42. The van der Waals surface area contributed by atoms with Crippen molar-refractivity contribution >= 4 is 21.5 Å². The van der Waals surface area contributed by atoms with E-state index in [0.29, 0.717) is 11.5 Å². The van der Waals surface area contributed by atoms with Gasteiger partial charge in [0.25, 0.3) is 0 Å². The Kier molecular flexibility index (Phi) is 3.58. The molecule has 3 aromatic rings. The van der Waals surface area contributed by atoms with Crippen LogP contribution in [0.15, 0.2) is 42.7 Å². The van der Waals surface area contributed by atoms with Gasteiger partial charge in [0.1, 0.15) is 0 Å². The minimum Gasteiger partial charge on any atom is -0.288 e. The summed E-state index contributed by atoms with van der Waals surface area (Å²) in [6.07, 6.45) is 3.59. The summed E-state index contributed by atoms with van der Waals surface area (Å²) in [4.78, 5) is 8.74. The van der Waals surface area contributed by atoms with E-state index in [-0.39, 0.29) is 5.75 Å². The standard InChI is InChI=1S/C15H16N4O2S/c1-3-22(20,21)18-13-7-4-6-12(10-13)14-11(2)19-9-5-8-16-15(19)17-14/h4-10,18H,3H2,1-2H3. The maximum atomic E-state index is 11.7. The van der Waals surface area contributed by atoms with Crippen molar-refractivity contribution in [3.05, 3.63) is 48.4 Å². The highest BCUT2D eigenvalue weighted by Gasteiger charge is 2.12. The SMILES string of the molecule is CCS(=O)(=O)Nc1cccc(-c2nc3ncccn3c2C)c1. The van der Waals surface area contributed by atoms with Gasteiger partial charge in [-0.05, 0) is 32.0 Å². The fourth-order valence-corrected chi connectivity index (χ4v) is 2.89. The molecule has 1 aromatic carbocycles. The van der Waals surface area contributed by atoms with E-state index in [9.17, 15) is 8.42 Å². The lowest BCUT2D eigenvalue weighted by Crippen LogP contribution is -2.14. The molecule has 0 bridgehead atoms. The van der Waals surface area contributed by atoms with Crippen LogP contribution in [0.3, 0.4) is 0 Å². The smallest absolute Gasteiger partial charge is 0.234 e. The predicted molar refractivity (Wildman–Crippen MR) is 86.2 cm³/mol. The summed E-state index contributed by atoms with van der Waals surface area (Å²) in [6.45, 7) is 3.56. The van der Waals surface area contributed by atoms with Crippen LogP contribution in [-0.4, -0.2) is 28.5 Å². The van der Waals surface area contributed by atoms with Crippen LogP contribution in [0.4, 0.5) is 5.69 Å². The van der Waals surface area contributed by atoms with Crippen molar-refractivity contribution < 1.29 is 8.42 Å². The average molecular weight is 316 g/mol. The second-order valence-electron chi connectivity index (χ2n) is 4.92. The van der Waals surface area contributed by atoms with Gasteiger partial charge in [0.05, 0.1) is 11.4 Å². The van der Waals surface area contributed by atoms with Crippen LogP contribution >= 0.6 is 0 Å². The average Bonchev–Trinajstić information content (AvgIpc) is 2.85. The summed E-state index contributed by atoms with van der Waals surface area (Å²) in [5.74, 6) is 0.656. The van der Waals surface area contributed by atoms with E-state index >= 15 is 0 Å². The van der Waals surface area contributed by atoms with E-state index in [0.717, 1.165) is 17.0 Å². The molecule has 7 heteroatoms. The first-order valence-electron chi connectivity index (χ1n) is 6.91. The number of imidazole rings is 1. The highest BCUT2D eigenvalue weighted by atomic mass is 32.2. The number of anilines is 1. The highest BCUT2D eigenvalue weighted by Crippen LogP contribution is 2.25. The summed E-state index contributed by atoms with van der Waals surface area (Å²) in [5, 5.41) is 0. The van der Waals surface area contributed by atoms with Crippen molar-refractivity contribution in [3.8, 4) is 11.3 Å². The molecule has 0 amide bonds. The largest absolute Gasteiger partial charge is 0.288 e. The normalized spacial score (nSPS) is 11.7. The Morgan fingerprint density at radius 3 is 2.82 bits per heavy atom. The Morgan fingerprint density at radius 2 is 2.09 bits per heavy atom. The molecule has 0 unspecified atom stereocenters. The van der Waals surface area contributed by atoms with Gasteiger partial charge < -0.3 is 0 Å². The molecule has 0 aliphatic rings. The fourth-order valence-electron chi connectivity index (χ4n) is 2.26. The summed E-state index contributed by atoms with van der Waals surface area (Å²) in [7, 11) is -3.29. The van der Waals surface area contributed by atoms with E-state index in [1.807, 2.05) is 29.7 Å². The molecule has 114 valence electrons. The van der Waals surface area contributed by atoms with Crippen LogP contribution in [0.25, 0.3) is 17.0 Å². The fraction of sp³-hybridized carbons (Fsp3) is 0.200. The van der Waals surface area contributed by atoms with Crippen molar-refractivity contribution in [1.29, 1.82) is 0 Å². The zero-order valence-electron chi connectivity index (χ0n) is 12.3. The molecule has 6 nitrogen and oxygen atoms in total. The maximum absolute atomic E-state index is 11.7. The Labute approximate surface area is 128 Å². The van der Waals surface area contributed by atoms with Crippen molar-refractivity contribution in [2.24, 2.45) is 0 Å². The van der Waals surface area contributed by atoms with Gasteiger partial charge in [-0.25, -0.2) is 18.4 Å². The number of aromatic nitrogens is 3. The van der Waals surface area contributed by atoms with Gasteiger partial charge in [0.15, 0.2) is 0 Å². The van der Waals surface area contributed by atoms with Gasteiger partial charge in [-0.15, -0.1) is 0 Å². The molecule has 22 heavy (non-hydrogen) atoms. The van der Waals surface area contributed by atoms with Gasteiger partial charge in [-0.2, -0.15) is 0 Å². The van der Waals surface area contributed by atoms with Crippen molar-refractivity contribution in [2.45, 2.75) is 13.8 Å². The minimum atomic E-state index is -3.29. The number of sulfonamides is 1. The number of hydrogen-bond donors (Lipinski definition) is 1. The van der Waals surface area contributed by atoms with Gasteiger partial charge >= 0.3 is 0 Å². The van der Waals surface area contributed by atoms with Gasteiger partial charge in [0.2, 0.25) is 15.8 Å². The number of benzene rings is 1. The number of fused-ring (bicyclic) bond motifs is 1. The molecular weight excluding hydrogens is 300 g/mol. The zero-order valence-corrected chi connectivity index (χ0v) is 13.1. The first-order chi connectivity index (χ1) is 10.5. The summed E-state index contributed by atoms with van der Waals surface area (Å²) < 4.78 is 27.8. The molecule has 0 aliphatic carbocycles. The van der Waals surface area contributed by atoms with Gasteiger partial charge in [-0.1, -0.05) is 12.1 Å². The molecule has 0 saturated heterocycles. The van der Waals surface area contributed by atoms with Crippen molar-refractivity contribution in [1.82, 2.24) is 14.4 Å². The Hall–Kier alpha value is -2.41. The third-order valence-corrected chi connectivity index (χ3v) is 4.74. The molecule has 0 spiro atoms. The molecule has 0 atom stereocenters. The number of rotatable bonds is 4. The monoisotopic (exact) mass is 316 g/mol. The first kappa shape index (κ1) is 14.5. The van der Waals surface area contributed by atoms with Crippen LogP contribution in [0.5, 0.6) is 0 Å². The molecule has 0 fully saturated rings. The molecule has 0 radical (unpaired) electrons. The van der Waals surface area contributed by atoms with E-state index < -0.39 is 10.0 Å². The molecule has 2 heterocycles. The summed E-state index contributed by atoms with van der Waals surface area (Å²) in [6, 6.07) is 9.05.